The van der Waals surface area contributed by atoms with Gasteiger partial charge in [0.05, 0.1) is 0 Å². The molecule has 0 radical (unpaired) electrons. The number of benzene rings is 2. The molecule has 3 aliphatic rings. The number of fused-ring (bicyclic) bond motifs is 2. The average molecular weight is 533 g/mol. The second kappa shape index (κ2) is 9.27. The number of likely N-dealkylation sites (tertiary alicyclic amines) is 1. The smallest absolute Gasteiger partial charge is 0.270 e. The molecule has 0 aliphatic carbocycles. The maximum atomic E-state index is 13.4. The zero-order valence-corrected chi connectivity index (χ0v) is 22.2. The highest BCUT2D eigenvalue weighted by molar-refractivity contribution is 6.32. The summed E-state index contributed by atoms with van der Waals surface area (Å²) in [4.78, 5) is 57.0. The maximum Gasteiger partial charge on any atom is 0.270 e. The summed E-state index contributed by atoms with van der Waals surface area (Å²) < 4.78 is 0. The van der Waals surface area contributed by atoms with Gasteiger partial charge in [0, 0.05) is 47.5 Å². The fourth-order valence-electron chi connectivity index (χ4n) is 6.09. The predicted molar refractivity (Wildman–Crippen MR) is 143 cm³/mol. The van der Waals surface area contributed by atoms with Crippen LogP contribution in [-0.4, -0.2) is 57.5 Å². The standard InChI is InChI=1S/C29H29ClN4O4/c1-15-11-21-16(2)26(31-23(21)13-22(15)30)29(38)33-9-7-17(8-10-33)18-3-4-20-19(12-18)14-34(28(20)37)24-5-6-25(35)32-27(24)36/h3-4,11-13,17,24,31H,5-10,14H2,1-2H3,(H,32,35,36). The van der Waals surface area contributed by atoms with Crippen LogP contribution in [0.25, 0.3) is 10.9 Å². The number of amides is 4. The van der Waals surface area contributed by atoms with E-state index < -0.39 is 11.9 Å². The van der Waals surface area contributed by atoms with Gasteiger partial charge >= 0.3 is 0 Å². The third-order valence-corrected chi connectivity index (χ3v) is 8.76. The molecule has 8 nitrogen and oxygen atoms in total. The van der Waals surface area contributed by atoms with Crippen LogP contribution in [0.2, 0.25) is 5.02 Å². The Labute approximate surface area is 225 Å². The molecule has 38 heavy (non-hydrogen) atoms. The number of nitrogens with one attached hydrogen (secondary N) is 2. The van der Waals surface area contributed by atoms with Gasteiger partial charge in [0.15, 0.2) is 0 Å². The number of piperidine rings is 2. The van der Waals surface area contributed by atoms with E-state index in [2.05, 4.69) is 16.4 Å². The van der Waals surface area contributed by atoms with Gasteiger partial charge in [-0.05, 0) is 79.5 Å². The van der Waals surface area contributed by atoms with Gasteiger partial charge in [-0.15, -0.1) is 0 Å². The van der Waals surface area contributed by atoms with Crippen molar-refractivity contribution < 1.29 is 19.2 Å². The first-order valence-corrected chi connectivity index (χ1v) is 13.4. The molecule has 1 unspecified atom stereocenters. The molecule has 196 valence electrons. The lowest BCUT2D eigenvalue weighted by Crippen LogP contribution is -2.52. The monoisotopic (exact) mass is 532 g/mol. The van der Waals surface area contributed by atoms with Gasteiger partial charge in [-0.3, -0.25) is 24.5 Å². The van der Waals surface area contributed by atoms with Gasteiger partial charge in [0.25, 0.3) is 11.8 Å². The fraction of sp³-hybridized carbons (Fsp3) is 0.379. The fourth-order valence-corrected chi connectivity index (χ4v) is 6.26. The van der Waals surface area contributed by atoms with Crippen LogP contribution in [0.15, 0.2) is 30.3 Å². The van der Waals surface area contributed by atoms with Gasteiger partial charge in [-0.1, -0.05) is 23.7 Å². The van der Waals surface area contributed by atoms with Crippen LogP contribution >= 0.6 is 11.6 Å². The molecular weight excluding hydrogens is 504 g/mol. The van der Waals surface area contributed by atoms with Crippen molar-refractivity contribution in [1.29, 1.82) is 0 Å². The molecule has 2 aromatic carbocycles. The summed E-state index contributed by atoms with van der Waals surface area (Å²) in [6, 6.07) is 9.22. The molecule has 2 fully saturated rings. The third kappa shape index (κ3) is 4.07. The molecule has 6 rings (SSSR count). The Kier molecular flexibility index (Phi) is 6.02. The number of aromatic amines is 1. The Bertz CT molecular complexity index is 1520. The number of rotatable bonds is 3. The van der Waals surface area contributed by atoms with Crippen LogP contribution in [0.5, 0.6) is 0 Å². The first kappa shape index (κ1) is 24.7. The zero-order valence-electron chi connectivity index (χ0n) is 21.4. The van der Waals surface area contributed by atoms with Crippen molar-refractivity contribution in [1.82, 2.24) is 20.1 Å². The summed E-state index contributed by atoms with van der Waals surface area (Å²) in [6.07, 6.45) is 2.26. The van der Waals surface area contributed by atoms with Crippen LogP contribution in [0.3, 0.4) is 0 Å². The summed E-state index contributed by atoms with van der Waals surface area (Å²) in [5.41, 5.74) is 6.10. The number of carbonyl (C=O) groups is 4. The second-order valence-electron chi connectivity index (χ2n) is 10.7. The van der Waals surface area contributed by atoms with E-state index in [4.69, 9.17) is 11.6 Å². The van der Waals surface area contributed by atoms with Crippen molar-refractivity contribution in [2.75, 3.05) is 13.1 Å². The van der Waals surface area contributed by atoms with Crippen LogP contribution in [0.1, 0.15) is 74.7 Å². The third-order valence-electron chi connectivity index (χ3n) is 8.35. The number of hydrogen-bond acceptors (Lipinski definition) is 4. The molecule has 0 saturated carbocycles. The van der Waals surface area contributed by atoms with E-state index in [1.807, 2.05) is 43.0 Å². The number of aromatic nitrogens is 1. The van der Waals surface area contributed by atoms with Crippen LogP contribution in [0, 0.1) is 13.8 Å². The van der Waals surface area contributed by atoms with Crippen molar-refractivity contribution in [3.8, 4) is 0 Å². The van der Waals surface area contributed by atoms with Crippen molar-refractivity contribution in [2.45, 2.75) is 58.0 Å². The molecule has 4 heterocycles. The lowest BCUT2D eigenvalue weighted by atomic mass is 9.87. The maximum absolute atomic E-state index is 13.4. The number of hydrogen-bond donors (Lipinski definition) is 2. The highest BCUT2D eigenvalue weighted by Crippen LogP contribution is 2.35. The van der Waals surface area contributed by atoms with Crippen LogP contribution in [-0.2, 0) is 16.1 Å². The molecule has 2 N–H and O–H groups in total. The molecule has 9 heteroatoms. The first-order valence-electron chi connectivity index (χ1n) is 13.1. The Balaban J connectivity index is 1.14. The van der Waals surface area contributed by atoms with Gasteiger partial charge in [-0.25, -0.2) is 0 Å². The van der Waals surface area contributed by atoms with Crippen LogP contribution < -0.4 is 5.32 Å². The summed E-state index contributed by atoms with van der Waals surface area (Å²) in [7, 11) is 0. The van der Waals surface area contributed by atoms with Gasteiger partial charge < -0.3 is 14.8 Å². The number of carbonyl (C=O) groups excluding carboxylic acids is 4. The zero-order chi connectivity index (χ0) is 26.7. The van der Waals surface area contributed by atoms with E-state index in [1.165, 1.54) is 0 Å². The highest BCUT2D eigenvalue weighted by atomic mass is 35.5. The number of imide groups is 1. The molecule has 3 aromatic rings. The van der Waals surface area contributed by atoms with Crippen molar-refractivity contribution in [3.63, 3.8) is 0 Å². The Hall–Kier alpha value is -3.65. The minimum Gasteiger partial charge on any atom is -0.350 e. The SMILES string of the molecule is Cc1cc2c(C)c(C(=O)N3CCC(c4ccc5c(c4)CN(C4CCC(=O)NC4=O)C5=O)CC3)[nH]c2cc1Cl. The van der Waals surface area contributed by atoms with Crippen molar-refractivity contribution in [3.05, 3.63) is 68.9 Å². The van der Waals surface area contributed by atoms with Gasteiger partial charge in [-0.2, -0.15) is 0 Å². The van der Waals surface area contributed by atoms with E-state index >= 15 is 0 Å². The van der Waals surface area contributed by atoms with Crippen LogP contribution in [0.4, 0.5) is 0 Å². The quantitative estimate of drug-likeness (QED) is 0.493. The van der Waals surface area contributed by atoms with E-state index in [0.717, 1.165) is 46.0 Å². The molecule has 1 aromatic heterocycles. The molecule has 0 bridgehead atoms. The normalized spacial score (nSPS) is 20.3. The van der Waals surface area contributed by atoms with Gasteiger partial charge in [0.1, 0.15) is 11.7 Å². The lowest BCUT2D eigenvalue weighted by molar-refractivity contribution is -0.136. The molecule has 4 amide bonds. The molecule has 3 aliphatic heterocycles. The molecule has 2 saturated heterocycles. The minimum atomic E-state index is -0.613. The largest absolute Gasteiger partial charge is 0.350 e. The summed E-state index contributed by atoms with van der Waals surface area (Å²) >= 11 is 6.29. The summed E-state index contributed by atoms with van der Waals surface area (Å²) in [5, 5.41) is 4.04. The second-order valence-corrected chi connectivity index (χ2v) is 11.1. The van der Waals surface area contributed by atoms with E-state index in [-0.39, 0.29) is 30.1 Å². The van der Waals surface area contributed by atoms with E-state index in [1.54, 1.807) is 4.90 Å². The highest BCUT2D eigenvalue weighted by Gasteiger charge is 2.39. The number of aryl methyl sites for hydroxylation is 2. The lowest BCUT2D eigenvalue weighted by Gasteiger charge is -2.32. The Morgan fingerprint density at radius 2 is 1.79 bits per heavy atom. The Morgan fingerprint density at radius 3 is 2.53 bits per heavy atom. The van der Waals surface area contributed by atoms with Crippen molar-refractivity contribution >= 4 is 46.1 Å². The number of H-pyrrole nitrogens is 1. The first-order chi connectivity index (χ1) is 18.2. The average Bonchev–Trinajstić information content (AvgIpc) is 3.40. The summed E-state index contributed by atoms with van der Waals surface area (Å²) in [5.74, 6) is -0.559. The predicted octanol–water partition coefficient (Wildman–Crippen LogP) is 4.22. The van der Waals surface area contributed by atoms with Crippen molar-refractivity contribution in [2.24, 2.45) is 0 Å². The summed E-state index contributed by atoms with van der Waals surface area (Å²) in [6.45, 7) is 5.60. The minimum absolute atomic E-state index is 0.00496. The number of halogens is 1. The topological polar surface area (TPSA) is 103 Å². The molecular formula is C29H29ClN4O4. The Morgan fingerprint density at radius 1 is 1.03 bits per heavy atom. The van der Waals surface area contributed by atoms with Gasteiger partial charge in [0.2, 0.25) is 11.8 Å². The number of nitrogens with zero attached hydrogens (tertiary/aromatic N) is 2. The molecule has 0 spiro atoms. The molecule has 1 atom stereocenters. The van der Waals surface area contributed by atoms with E-state index in [9.17, 15) is 19.2 Å². The van der Waals surface area contributed by atoms with E-state index in [0.29, 0.717) is 42.3 Å².